The van der Waals surface area contributed by atoms with Gasteiger partial charge in [0.15, 0.2) is 5.69 Å². The summed E-state index contributed by atoms with van der Waals surface area (Å²) in [5.74, 6) is -0.834. The second-order valence-corrected chi connectivity index (χ2v) is 6.48. The van der Waals surface area contributed by atoms with Crippen LogP contribution >= 0.6 is 11.6 Å². The van der Waals surface area contributed by atoms with Crippen molar-refractivity contribution in [1.29, 1.82) is 0 Å². The maximum atomic E-state index is 12.6. The minimum atomic E-state index is -0.641. The number of carbonyl (C=O) groups excluding carboxylic acids is 2. The van der Waals surface area contributed by atoms with Gasteiger partial charge in [0.2, 0.25) is 11.3 Å². The molecule has 0 saturated heterocycles. The van der Waals surface area contributed by atoms with Gasteiger partial charge in [-0.1, -0.05) is 23.7 Å². The van der Waals surface area contributed by atoms with Gasteiger partial charge in [0.05, 0.1) is 10.7 Å². The summed E-state index contributed by atoms with van der Waals surface area (Å²) in [6.07, 6.45) is 0. The topological polar surface area (TPSA) is 93.1 Å². The SMILES string of the molecule is CC(=O)Nc1ccc(NC(=O)c2nn(-c3ccccc3Cl)c(C)cc2=O)cc1. The van der Waals surface area contributed by atoms with E-state index in [1.165, 1.54) is 17.7 Å². The number of anilines is 2. The predicted molar refractivity (Wildman–Crippen MR) is 108 cm³/mol. The summed E-state index contributed by atoms with van der Waals surface area (Å²) in [6.45, 7) is 3.11. The quantitative estimate of drug-likeness (QED) is 0.706. The van der Waals surface area contributed by atoms with Gasteiger partial charge in [0, 0.05) is 30.1 Å². The smallest absolute Gasteiger partial charge is 0.280 e. The molecule has 142 valence electrons. The molecule has 3 aromatic rings. The van der Waals surface area contributed by atoms with Crippen LogP contribution in [0.25, 0.3) is 5.69 Å². The van der Waals surface area contributed by atoms with E-state index in [-0.39, 0.29) is 11.6 Å². The van der Waals surface area contributed by atoms with Crippen LogP contribution in [0.5, 0.6) is 0 Å². The van der Waals surface area contributed by atoms with E-state index in [1.807, 2.05) is 0 Å². The lowest BCUT2D eigenvalue weighted by Gasteiger charge is -2.12. The Bertz CT molecular complexity index is 1110. The van der Waals surface area contributed by atoms with E-state index in [1.54, 1.807) is 55.5 Å². The molecule has 0 radical (unpaired) electrons. The third-order valence-electron chi connectivity index (χ3n) is 3.87. The first-order valence-corrected chi connectivity index (χ1v) is 8.78. The zero-order valence-corrected chi connectivity index (χ0v) is 15.9. The molecule has 2 N–H and O–H groups in total. The summed E-state index contributed by atoms with van der Waals surface area (Å²) in [5.41, 5.74) is 1.43. The van der Waals surface area contributed by atoms with Gasteiger partial charge >= 0.3 is 0 Å². The van der Waals surface area contributed by atoms with Crippen molar-refractivity contribution in [2.24, 2.45) is 0 Å². The molecule has 0 fully saturated rings. The number of nitrogens with one attached hydrogen (secondary N) is 2. The molecule has 2 amide bonds. The number of benzene rings is 2. The van der Waals surface area contributed by atoms with E-state index in [4.69, 9.17) is 11.6 Å². The molecule has 28 heavy (non-hydrogen) atoms. The number of rotatable bonds is 4. The molecule has 1 aromatic heterocycles. The fraction of sp³-hybridized carbons (Fsp3) is 0.100. The van der Waals surface area contributed by atoms with Crippen molar-refractivity contribution >= 4 is 34.8 Å². The molecule has 8 heteroatoms. The van der Waals surface area contributed by atoms with E-state index >= 15 is 0 Å². The van der Waals surface area contributed by atoms with Crippen molar-refractivity contribution in [1.82, 2.24) is 9.78 Å². The Labute approximate surface area is 166 Å². The fourth-order valence-corrected chi connectivity index (χ4v) is 2.82. The van der Waals surface area contributed by atoms with Crippen LogP contribution in [0.15, 0.2) is 59.4 Å². The zero-order valence-electron chi connectivity index (χ0n) is 15.2. The van der Waals surface area contributed by atoms with Crippen LogP contribution in [0.4, 0.5) is 11.4 Å². The average Bonchev–Trinajstić information content (AvgIpc) is 2.64. The summed E-state index contributed by atoms with van der Waals surface area (Å²) in [5, 5.41) is 9.92. The molecule has 3 rings (SSSR count). The van der Waals surface area contributed by atoms with E-state index in [9.17, 15) is 14.4 Å². The Balaban J connectivity index is 1.90. The van der Waals surface area contributed by atoms with Crippen molar-refractivity contribution in [2.45, 2.75) is 13.8 Å². The highest BCUT2D eigenvalue weighted by atomic mass is 35.5. The molecule has 0 aliphatic carbocycles. The largest absolute Gasteiger partial charge is 0.326 e. The number of aromatic nitrogens is 2. The van der Waals surface area contributed by atoms with Crippen LogP contribution in [0.2, 0.25) is 5.02 Å². The van der Waals surface area contributed by atoms with Crippen LogP contribution in [0.1, 0.15) is 23.1 Å². The Morgan fingerprint density at radius 3 is 2.21 bits per heavy atom. The normalized spacial score (nSPS) is 10.4. The van der Waals surface area contributed by atoms with Crippen molar-refractivity contribution < 1.29 is 9.59 Å². The highest BCUT2D eigenvalue weighted by Gasteiger charge is 2.16. The number of amides is 2. The summed E-state index contributed by atoms with van der Waals surface area (Å²) in [7, 11) is 0. The highest BCUT2D eigenvalue weighted by molar-refractivity contribution is 6.32. The number of carbonyl (C=O) groups is 2. The lowest BCUT2D eigenvalue weighted by Crippen LogP contribution is -2.27. The average molecular weight is 397 g/mol. The number of aryl methyl sites for hydroxylation is 1. The standard InChI is InChI=1S/C20H17ClN4O3/c1-12-11-18(27)19(24-25(12)17-6-4-3-5-16(17)21)20(28)23-15-9-7-14(8-10-15)22-13(2)26/h3-11H,1-2H3,(H,22,26)(H,23,28). The van der Waals surface area contributed by atoms with Gasteiger partial charge in [0.25, 0.3) is 5.91 Å². The van der Waals surface area contributed by atoms with Crippen molar-refractivity contribution in [3.05, 3.63) is 81.2 Å². The first kappa shape index (κ1) is 19.3. The molecular formula is C20H17ClN4O3. The Hall–Kier alpha value is -3.45. The lowest BCUT2D eigenvalue weighted by atomic mass is 10.2. The van der Waals surface area contributed by atoms with Crippen molar-refractivity contribution in [3.8, 4) is 5.69 Å². The Morgan fingerprint density at radius 2 is 1.61 bits per heavy atom. The highest BCUT2D eigenvalue weighted by Crippen LogP contribution is 2.20. The predicted octanol–water partition coefficient (Wildman–Crippen LogP) is 3.41. The van der Waals surface area contributed by atoms with Gasteiger partial charge < -0.3 is 10.6 Å². The zero-order chi connectivity index (χ0) is 20.3. The maximum Gasteiger partial charge on any atom is 0.280 e. The van der Waals surface area contributed by atoms with E-state index < -0.39 is 11.3 Å². The second kappa shape index (κ2) is 8.06. The van der Waals surface area contributed by atoms with Crippen LogP contribution < -0.4 is 16.1 Å². The molecule has 7 nitrogen and oxygen atoms in total. The number of halogens is 1. The summed E-state index contributed by atoms with van der Waals surface area (Å²) < 4.78 is 1.46. The molecule has 0 aliphatic heterocycles. The minimum Gasteiger partial charge on any atom is -0.326 e. The minimum absolute atomic E-state index is 0.194. The second-order valence-electron chi connectivity index (χ2n) is 6.07. The molecule has 0 atom stereocenters. The van der Waals surface area contributed by atoms with Gasteiger partial charge in [-0.05, 0) is 43.3 Å². The molecular weight excluding hydrogens is 380 g/mol. The number of hydrogen-bond acceptors (Lipinski definition) is 4. The Kier molecular flexibility index (Phi) is 5.56. The molecule has 0 unspecified atom stereocenters. The van der Waals surface area contributed by atoms with Crippen molar-refractivity contribution in [3.63, 3.8) is 0 Å². The fourth-order valence-electron chi connectivity index (χ4n) is 2.60. The molecule has 2 aromatic carbocycles. The van der Waals surface area contributed by atoms with Gasteiger partial charge in [-0.15, -0.1) is 0 Å². The van der Waals surface area contributed by atoms with Crippen LogP contribution in [-0.2, 0) is 4.79 Å². The maximum absolute atomic E-state index is 12.6. The molecule has 0 bridgehead atoms. The van der Waals surface area contributed by atoms with Crippen LogP contribution in [-0.4, -0.2) is 21.6 Å². The van der Waals surface area contributed by atoms with E-state index in [0.29, 0.717) is 27.8 Å². The molecule has 0 spiro atoms. The number of para-hydroxylation sites is 1. The third-order valence-corrected chi connectivity index (χ3v) is 4.19. The first-order chi connectivity index (χ1) is 13.3. The third kappa shape index (κ3) is 4.27. The van der Waals surface area contributed by atoms with Crippen molar-refractivity contribution in [2.75, 3.05) is 10.6 Å². The first-order valence-electron chi connectivity index (χ1n) is 8.40. The van der Waals surface area contributed by atoms with E-state index in [2.05, 4.69) is 15.7 Å². The van der Waals surface area contributed by atoms with Gasteiger partial charge in [-0.3, -0.25) is 14.4 Å². The monoisotopic (exact) mass is 396 g/mol. The lowest BCUT2D eigenvalue weighted by molar-refractivity contribution is -0.114. The summed E-state index contributed by atoms with van der Waals surface area (Å²) in [6, 6.07) is 14.9. The summed E-state index contributed by atoms with van der Waals surface area (Å²) >= 11 is 6.21. The van der Waals surface area contributed by atoms with E-state index in [0.717, 1.165) is 0 Å². The van der Waals surface area contributed by atoms with Gasteiger partial charge in [-0.2, -0.15) is 5.10 Å². The summed E-state index contributed by atoms with van der Waals surface area (Å²) in [4.78, 5) is 35.9. The Morgan fingerprint density at radius 1 is 1.00 bits per heavy atom. The molecule has 0 saturated carbocycles. The van der Waals surface area contributed by atoms with Gasteiger partial charge in [-0.25, -0.2) is 4.68 Å². The van der Waals surface area contributed by atoms with Crippen LogP contribution in [0.3, 0.4) is 0 Å². The van der Waals surface area contributed by atoms with Gasteiger partial charge in [0.1, 0.15) is 0 Å². The molecule has 0 aliphatic rings. The number of nitrogens with zero attached hydrogens (tertiary/aromatic N) is 2. The van der Waals surface area contributed by atoms with Crippen LogP contribution in [0, 0.1) is 6.92 Å². The molecule has 1 heterocycles. The number of hydrogen-bond donors (Lipinski definition) is 2.